The van der Waals surface area contributed by atoms with Gasteiger partial charge in [-0.1, -0.05) is 0 Å². The molecule has 0 aromatic rings. The van der Waals surface area contributed by atoms with Gasteiger partial charge < -0.3 is 50.2 Å². The summed E-state index contributed by atoms with van der Waals surface area (Å²) < 4.78 is 41.6. The zero-order chi connectivity index (χ0) is 23.8. The highest BCUT2D eigenvalue weighted by Crippen LogP contribution is 2.45. The first-order valence-corrected chi connectivity index (χ1v) is 11.2. The lowest BCUT2D eigenvalue weighted by Crippen LogP contribution is -2.87. The third-order valence-electron chi connectivity index (χ3n) is 5.61. The predicted octanol–water partition coefficient (Wildman–Crippen LogP) is -5.65. The summed E-state index contributed by atoms with van der Waals surface area (Å²) >= 11 is 0. The fourth-order valence-electron chi connectivity index (χ4n) is 4.25. The molecule has 0 spiro atoms. The van der Waals surface area contributed by atoms with Gasteiger partial charge >= 0.3 is 0 Å². The Morgan fingerprint density at radius 2 is 1.74 bits per heavy atom. The Kier molecular flexibility index (Phi) is 8.04. The lowest BCUT2D eigenvalue weighted by Gasteiger charge is -2.60. The second kappa shape index (κ2) is 9.48. The minimum absolute atomic E-state index is 0.534. The van der Waals surface area contributed by atoms with Gasteiger partial charge in [0.05, 0.1) is 38.2 Å². The van der Waals surface area contributed by atoms with Gasteiger partial charge in [-0.2, -0.15) is 0 Å². The van der Waals surface area contributed by atoms with E-state index in [9.17, 15) is 43.9 Å². The molecule has 2 saturated heterocycles. The van der Waals surface area contributed by atoms with Gasteiger partial charge in [0.25, 0.3) is 0 Å². The molecule has 0 aliphatic carbocycles. The molecule has 31 heavy (non-hydrogen) atoms. The van der Waals surface area contributed by atoms with Crippen molar-refractivity contribution in [2.24, 2.45) is 0 Å². The maximum absolute atomic E-state index is 11.9. The molecule has 0 aromatic heterocycles. The van der Waals surface area contributed by atoms with Crippen LogP contribution >= 0.6 is 0 Å². The molecule has 15 heteroatoms. The summed E-state index contributed by atoms with van der Waals surface area (Å²) in [4.78, 5) is 11.6. The molecular weight excluding hydrogens is 444 g/mol. The number of hydrogen-bond donors (Lipinski definition) is 8. The summed E-state index contributed by atoms with van der Waals surface area (Å²) in [5.74, 6) is -0.670. The van der Waals surface area contributed by atoms with Crippen molar-refractivity contribution >= 4 is 15.9 Å². The topological polar surface area (TPSA) is 224 Å². The average molecular weight is 474 g/mol. The fraction of sp³-hybridized carbons (Fsp3) is 0.938. The molecule has 182 valence electrons. The molecule has 0 unspecified atom stereocenters. The monoisotopic (exact) mass is 474 g/mol. The van der Waals surface area contributed by atoms with E-state index in [1.54, 1.807) is 0 Å². The molecular formula is C16H30N2O12S. The molecule has 2 rings (SSSR count). The number of nitrogens with one attached hydrogen (secondary N) is 2. The van der Waals surface area contributed by atoms with E-state index in [1.165, 1.54) is 0 Å². The van der Waals surface area contributed by atoms with E-state index in [0.717, 1.165) is 20.3 Å². The van der Waals surface area contributed by atoms with Gasteiger partial charge in [-0.25, -0.2) is 13.1 Å². The van der Waals surface area contributed by atoms with Crippen LogP contribution in [0.1, 0.15) is 6.92 Å². The van der Waals surface area contributed by atoms with Crippen molar-refractivity contribution in [3.8, 4) is 0 Å². The fourth-order valence-corrected chi connectivity index (χ4v) is 5.05. The predicted molar refractivity (Wildman–Crippen MR) is 101 cm³/mol. The number of aliphatic hydroxyl groups is 6. The third-order valence-corrected chi connectivity index (χ3v) is 6.29. The number of aliphatic hydroxyl groups excluding tert-OH is 4. The SMILES string of the molecule is CO[C@H]1O[C@H](CO)[C@](O)([C@@]2(O)[C@@H](CO)OC[C@H](O)[C@@H]2NS(C)(=O)=O)[C@H](O)[C@@H]1NC(C)=O. The molecule has 2 aliphatic heterocycles. The second-order valence-electron chi connectivity index (χ2n) is 7.67. The van der Waals surface area contributed by atoms with Crippen LogP contribution in [0.4, 0.5) is 0 Å². The molecule has 2 fully saturated rings. The van der Waals surface area contributed by atoms with E-state index in [4.69, 9.17) is 14.2 Å². The van der Waals surface area contributed by atoms with Crippen LogP contribution in [-0.4, -0.2) is 132 Å². The van der Waals surface area contributed by atoms with Crippen molar-refractivity contribution in [2.45, 2.75) is 60.9 Å². The smallest absolute Gasteiger partial charge is 0.217 e. The normalized spacial score (nSPS) is 44.1. The van der Waals surface area contributed by atoms with E-state index in [1.807, 2.05) is 4.72 Å². The Hall–Kier alpha value is -0.980. The van der Waals surface area contributed by atoms with Crippen molar-refractivity contribution in [3.05, 3.63) is 0 Å². The zero-order valence-electron chi connectivity index (χ0n) is 17.2. The van der Waals surface area contributed by atoms with Crippen LogP contribution < -0.4 is 10.0 Å². The molecule has 8 N–H and O–H groups in total. The van der Waals surface area contributed by atoms with E-state index in [2.05, 4.69) is 5.32 Å². The lowest BCUT2D eigenvalue weighted by molar-refractivity contribution is -0.370. The van der Waals surface area contributed by atoms with Crippen molar-refractivity contribution in [3.63, 3.8) is 0 Å². The number of methoxy groups -OCH3 is 1. The van der Waals surface area contributed by atoms with Crippen molar-refractivity contribution in [2.75, 3.05) is 33.2 Å². The van der Waals surface area contributed by atoms with Gasteiger partial charge in [0, 0.05) is 14.0 Å². The Morgan fingerprint density at radius 1 is 1.16 bits per heavy atom. The summed E-state index contributed by atoms with van der Waals surface area (Å²) in [6.07, 6.45) is -8.12. The molecule has 0 saturated carbocycles. The van der Waals surface area contributed by atoms with Crippen molar-refractivity contribution < 1.29 is 58.1 Å². The highest BCUT2D eigenvalue weighted by molar-refractivity contribution is 7.88. The number of sulfonamides is 1. The van der Waals surface area contributed by atoms with Crippen LogP contribution in [0.25, 0.3) is 0 Å². The number of carbonyl (C=O) groups excluding carboxylic acids is 1. The average Bonchev–Trinajstić information content (AvgIpc) is 2.68. The van der Waals surface area contributed by atoms with Gasteiger partial charge in [-0.3, -0.25) is 4.79 Å². The van der Waals surface area contributed by atoms with Gasteiger partial charge in [0.15, 0.2) is 11.9 Å². The number of carbonyl (C=O) groups is 1. The van der Waals surface area contributed by atoms with Crippen LogP contribution in [-0.2, 0) is 29.0 Å². The van der Waals surface area contributed by atoms with Crippen LogP contribution in [0, 0.1) is 0 Å². The van der Waals surface area contributed by atoms with Crippen molar-refractivity contribution in [1.82, 2.24) is 10.0 Å². The summed E-state index contributed by atoms with van der Waals surface area (Å²) in [6, 6.07) is -3.42. The van der Waals surface area contributed by atoms with Gasteiger partial charge in [-0.05, 0) is 0 Å². The zero-order valence-corrected chi connectivity index (χ0v) is 18.0. The highest BCUT2D eigenvalue weighted by Gasteiger charge is 2.72. The molecule has 14 nitrogen and oxygen atoms in total. The summed E-state index contributed by atoms with van der Waals surface area (Å²) in [6.45, 7) is -1.42. The molecule has 1 amide bonds. The molecule has 9 atom stereocenters. The number of rotatable bonds is 7. The Labute approximate surface area is 178 Å². The standard InChI is InChI=1S/C16H30N2O12S/c1-7(21)17-11-13(23)16(25,10(5-20)30-14(11)28-2)15(24)9(4-19)29-6-8(22)12(15)18-31(3,26)27/h8-14,18-20,22-25H,4-6H2,1-3H3,(H,17,21)/t8-,9+,10+,11-,12-,13+,14-,15+,16+/m0/s1. The first-order valence-electron chi connectivity index (χ1n) is 9.34. The maximum Gasteiger partial charge on any atom is 0.217 e. The Bertz CT molecular complexity index is 753. The number of amides is 1. The minimum Gasteiger partial charge on any atom is -0.394 e. The van der Waals surface area contributed by atoms with Gasteiger partial charge in [-0.15, -0.1) is 0 Å². The maximum atomic E-state index is 11.9. The molecule has 0 radical (unpaired) electrons. The molecule has 2 heterocycles. The van der Waals surface area contributed by atoms with Crippen LogP contribution in [0.3, 0.4) is 0 Å². The summed E-state index contributed by atoms with van der Waals surface area (Å²) in [5, 5.41) is 66.7. The van der Waals surface area contributed by atoms with E-state index in [0.29, 0.717) is 0 Å². The number of ether oxygens (including phenoxy) is 3. The van der Waals surface area contributed by atoms with E-state index >= 15 is 0 Å². The van der Waals surface area contributed by atoms with Crippen LogP contribution in [0.15, 0.2) is 0 Å². The molecule has 2 aliphatic rings. The quantitative estimate of drug-likeness (QED) is 0.173. The van der Waals surface area contributed by atoms with Gasteiger partial charge in [0.2, 0.25) is 15.9 Å². The van der Waals surface area contributed by atoms with Crippen LogP contribution in [0.5, 0.6) is 0 Å². The minimum atomic E-state index is -4.11. The van der Waals surface area contributed by atoms with Gasteiger partial charge in [0.1, 0.15) is 30.0 Å². The van der Waals surface area contributed by atoms with E-state index < -0.39 is 89.7 Å². The Balaban J connectivity index is 2.70. The summed E-state index contributed by atoms with van der Waals surface area (Å²) in [5.41, 5.74) is -5.94. The van der Waals surface area contributed by atoms with E-state index in [-0.39, 0.29) is 0 Å². The molecule has 0 bridgehead atoms. The second-order valence-corrected chi connectivity index (χ2v) is 9.45. The summed E-state index contributed by atoms with van der Waals surface area (Å²) in [7, 11) is -2.95. The Morgan fingerprint density at radius 3 is 2.19 bits per heavy atom. The first kappa shape index (κ1) is 26.3. The highest BCUT2D eigenvalue weighted by atomic mass is 32.2. The molecule has 0 aromatic carbocycles. The van der Waals surface area contributed by atoms with Crippen molar-refractivity contribution in [1.29, 1.82) is 0 Å². The van der Waals surface area contributed by atoms with Crippen LogP contribution in [0.2, 0.25) is 0 Å². The largest absolute Gasteiger partial charge is 0.394 e. The first-order chi connectivity index (χ1) is 14.3. The number of hydrogen-bond acceptors (Lipinski definition) is 12. The third kappa shape index (κ3) is 4.58. The lowest BCUT2D eigenvalue weighted by atomic mass is 9.63.